The number of para-hydroxylation sites is 1. The van der Waals surface area contributed by atoms with Gasteiger partial charge in [0.15, 0.2) is 0 Å². The molecule has 5 rings (SSSR count). The van der Waals surface area contributed by atoms with Gasteiger partial charge in [0.05, 0.1) is 19.8 Å². The molecule has 0 aromatic heterocycles. The summed E-state index contributed by atoms with van der Waals surface area (Å²) in [7, 11) is 1.58. The maximum absolute atomic E-state index is 14.0. The summed E-state index contributed by atoms with van der Waals surface area (Å²) in [6.45, 7) is 3.04. The van der Waals surface area contributed by atoms with E-state index in [2.05, 4.69) is 15.5 Å². The van der Waals surface area contributed by atoms with E-state index in [1.807, 2.05) is 85.8 Å². The summed E-state index contributed by atoms with van der Waals surface area (Å²) >= 11 is 0. The largest absolute Gasteiger partial charge is 0.497 e. The van der Waals surface area contributed by atoms with Gasteiger partial charge in [-0.1, -0.05) is 54.6 Å². The monoisotopic (exact) mass is 541 g/mol. The SMILES string of the molecule is COc1cccc(NC(=O)N2CCC3(CC2)C(=O)N(CC(=O)NC(C)c2ccccc2)CN3c2ccccc2)c1. The van der Waals surface area contributed by atoms with Crippen molar-refractivity contribution in [3.05, 3.63) is 90.5 Å². The Bertz CT molecular complexity index is 1340. The van der Waals surface area contributed by atoms with Gasteiger partial charge < -0.3 is 30.1 Å². The fraction of sp³-hybridized carbons (Fsp3) is 0.323. The number of likely N-dealkylation sites (tertiary alicyclic amines) is 1. The number of anilines is 2. The highest BCUT2D eigenvalue weighted by Gasteiger charge is 2.54. The Balaban J connectivity index is 1.28. The first-order valence-corrected chi connectivity index (χ1v) is 13.6. The topological polar surface area (TPSA) is 94.2 Å². The van der Waals surface area contributed by atoms with E-state index >= 15 is 0 Å². The molecule has 3 aromatic carbocycles. The molecular weight excluding hydrogens is 506 g/mol. The van der Waals surface area contributed by atoms with Crippen LogP contribution in [0.4, 0.5) is 16.2 Å². The summed E-state index contributed by atoms with van der Waals surface area (Å²) < 4.78 is 5.25. The maximum Gasteiger partial charge on any atom is 0.321 e. The van der Waals surface area contributed by atoms with E-state index in [4.69, 9.17) is 4.74 Å². The number of hydrogen-bond acceptors (Lipinski definition) is 5. The Morgan fingerprint density at radius 1 is 0.950 bits per heavy atom. The van der Waals surface area contributed by atoms with Crippen molar-refractivity contribution >= 4 is 29.2 Å². The van der Waals surface area contributed by atoms with E-state index in [9.17, 15) is 14.4 Å². The lowest BCUT2D eigenvalue weighted by atomic mass is 9.85. The number of carbonyl (C=O) groups is 3. The first kappa shape index (κ1) is 27.1. The van der Waals surface area contributed by atoms with Crippen molar-refractivity contribution in [1.29, 1.82) is 0 Å². The standard InChI is InChI=1S/C31H35N5O4/c1-23(24-10-5-3-6-11-24)32-28(37)21-35-22-36(26-13-7-4-8-14-26)31(29(35)38)16-18-34(19-17-31)30(39)33-25-12-9-15-27(20-25)40-2/h3-15,20,23H,16-19,21-22H2,1-2H3,(H,32,37)(H,33,39). The van der Waals surface area contributed by atoms with Crippen LogP contribution in [0.3, 0.4) is 0 Å². The van der Waals surface area contributed by atoms with Crippen LogP contribution in [-0.4, -0.2) is 66.6 Å². The van der Waals surface area contributed by atoms with Crippen molar-refractivity contribution in [2.75, 3.05) is 43.6 Å². The van der Waals surface area contributed by atoms with Gasteiger partial charge in [-0.25, -0.2) is 4.79 Å². The van der Waals surface area contributed by atoms with E-state index in [-0.39, 0.29) is 30.4 Å². The number of urea groups is 1. The molecular formula is C31H35N5O4. The molecule has 1 spiro atoms. The second-order valence-electron chi connectivity index (χ2n) is 10.3. The van der Waals surface area contributed by atoms with Crippen molar-refractivity contribution in [2.45, 2.75) is 31.3 Å². The molecule has 3 aromatic rings. The van der Waals surface area contributed by atoms with Crippen molar-refractivity contribution in [1.82, 2.24) is 15.1 Å². The van der Waals surface area contributed by atoms with Crippen LogP contribution in [0.5, 0.6) is 5.75 Å². The molecule has 40 heavy (non-hydrogen) atoms. The van der Waals surface area contributed by atoms with Crippen LogP contribution in [-0.2, 0) is 9.59 Å². The first-order valence-electron chi connectivity index (χ1n) is 13.6. The second-order valence-corrected chi connectivity index (χ2v) is 10.3. The number of carbonyl (C=O) groups excluding carboxylic acids is 3. The number of ether oxygens (including phenoxy) is 1. The van der Waals surface area contributed by atoms with Crippen LogP contribution in [0.2, 0.25) is 0 Å². The Labute approximate surface area is 234 Å². The first-order chi connectivity index (χ1) is 19.4. The van der Waals surface area contributed by atoms with Crippen LogP contribution in [0, 0.1) is 0 Å². The molecule has 2 aliphatic heterocycles. The molecule has 2 fully saturated rings. The van der Waals surface area contributed by atoms with Gasteiger partial charge in [0, 0.05) is 30.5 Å². The Hall–Kier alpha value is -4.53. The van der Waals surface area contributed by atoms with Crippen LogP contribution in [0.1, 0.15) is 31.4 Å². The minimum Gasteiger partial charge on any atom is -0.497 e. The molecule has 1 atom stereocenters. The second kappa shape index (κ2) is 11.7. The molecule has 0 aliphatic carbocycles. The van der Waals surface area contributed by atoms with Gasteiger partial charge in [0.1, 0.15) is 17.8 Å². The van der Waals surface area contributed by atoms with E-state index in [1.54, 1.807) is 23.0 Å². The average Bonchev–Trinajstić information content (AvgIpc) is 3.24. The van der Waals surface area contributed by atoms with Gasteiger partial charge in [-0.05, 0) is 49.6 Å². The molecule has 1 unspecified atom stereocenters. The summed E-state index contributed by atoms with van der Waals surface area (Å²) in [6, 6.07) is 26.4. The van der Waals surface area contributed by atoms with Gasteiger partial charge in [-0.2, -0.15) is 0 Å². The normalized spacial score (nSPS) is 17.1. The van der Waals surface area contributed by atoms with Gasteiger partial charge in [-0.15, -0.1) is 0 Å². The lowest BCUT2D eigenvalue weighted by Crippen LogP contribution is -2.58. The van der Waals surface area contributed by atoms with E-state index in [0.717, 1.165) is 11.3 Å². The fourth-order valence-electron chi connectivity index (χ4n) is 5.59. The van der Waals surface area contributed by atoms with E-state index in [1.165, 1.54) is 0 Å². The van der Waals surface area contributed by atoms with Crippen molar-refractivity contribution < 1.29 is 19.1 Å². The summed E-state index contributed by atoms with van der Waals surface area (Å²) in [4.78, 5) is 45.5. The lowest BCUT2D eigenvalue weighted by Gasteiger charge is -2.43. The van der Waals surface area contributed by atoms with Gasteiger partial charge in [-0.3, -0.25) is 9.59 Å². The maximum atomic E-state index is 14.0. The lowest BCUT2D eigenvalue weighted by molar-refractivity contribution is -0.137. The number of hydrogen-bond donors (Lipinski definition) is 2. The summed E-state index contributed by atoms with van der Waals surface area (Å²) in [5.74, 6) is 0.379. The third-order valence-corrected chi connectivity index (χ3v) is 7.79. The number of nitrogens with one attached hydrogen (secondary N) is 2. The summed E-state index contributed by atoms with van der Waals surface area (Å²) in [5, 5.41) is 5.95. The number of piperidine rings is 1. The number of amides is 4. The highest BCUT2D eigenvalue weighted by molar-refractivity contribution is 5.97. The third kappa shape index (κ3) is 5.59. The van der Waals surface area contributed by atoms with Crippen LogP contribution in [0.15, 0.2) is 84.9 Å². The predicted octanol–water partition coefficient (Wildman–Crippen LogP) is 4.25. The van der Waals surface area contributed by atoms with Crippen molar-refractivity contribution in [3.63, 3.8) is 0 Å². The van der Waals surface area contributed by atoms with Crippen molar-refractivity contribution in [2.24, 2.45) is 0 Å². The third-order valence-electron chi connectivity index (χ3n) is 7.79. The van der Waals surface area contributed by atoms with E-state index < -0.39 is 5.54 Å². The smallest absolute Gasteiger partial charge is 0.321 e. The molecule has 2 saturated heterocycles. The minimum atomic E-state index is -0.820. The quantitative estimate of drug-likeness (QED) is 0.467. The van der Waals surface area contributed by atoms with Gasteiger partial charge in [0.2, 0.25) is 5.91 Å². The Morgan fingerprint density at radius 3 is 2.30 bits per heavy atom. The molecule has 9 heteroatoms. The molecule has 0 radical (unpaired) electrons. The Kier molecular flexibility index (Phi) is 7.91. The molecule has 4 amide bonds. The highest BCUT2D eigenvalue weighted by atomic mass is 16.5. The van der Waals surface area contributed by atoms with Crippen LogP contribution in [0.25, 0.3) is 0 Å². The van der Waals surface area contributed by atoms with Crippen LogP contribution >= 0.6 is 0 Å². The molecule has 2 N–H and O–H groups in total. The van der Waals surface area contributed by atoms with Crippen LogP contribution < -0.4 is 20.3 Å². The van der Waals surface area contributed by atoms with Gasteiger partial charge in [0.25, 0.3) is 5.91 Å². The highest BCUT2D eigenvalue weighted by Crippen LogP contribution is 2.39. The zero-order valence-electron chi connectivity index (χ0n) is 22.9. The zero-order valence-corrected chi connectivity index (χ0v) is 22.9. The number of rotatable bonds is 7. The molecule has 2 heterocycles. The summed E-state index contributed by atoms with van der Waals surface area (Å²) in [6.07, 6.45) is 0.926. The molecule has 9 nitrogen and oxygen atoms in total. The molecule has 0 saturated carbocycles. The molecule has 0 bridgehead atoms. The number of methoxy groups -OCH3 is 1. The Morgan fingerprint density at radius 2 is 1.62 bits per heavy atom. The average molecular weight is 542 g/mol. The zero-order chi connectivity index (χ0) is 28.1. The van der Waals surface area contributed by atoms with Gasteiger partial charge >= 0.3 is 6.03 Å². The molecule has 208 valence electrons. The number of benzene rings is 3. The predicted molar refractivity (Wildman–Crippen MR) is 154 cm³/mol. The molecule has 2 aliphatic rings. The number of nitrogens with zero attached hydrogens (tertiary/aromatic N) is 3. The summed E-state index contributed by atoms with van der Waals surface area (Å²) in [5.41, 5.74) is 1.75. The fourth-order valence-corrected chi connectivity index (χ4v) is 5.59. The minimum absolute atomic E-state index is 0.0267. The van der Waals surface area contributed by atoms with Crippen molar-refractivity contribution in [3.8, 4) is 5.75 Å². The van der Waals surface area contributed by atoms with E-state index in [0.29, 0.717) is 44.0 Å².